The number of sulfone groups is 1. The Morgan fingerprint density at radius 3 is 2.73 bits per heavy atom. The number of ether oxygens (including phenoxy) is 2. The molecule has 1 saturated heterocycles. The molecule has 1 fully saturated rings. The molecular weight excluding hydrogens is 220 g/mol. The molecule has 0 spiro atoms. The first-order valence-electron chi connectivity index (χ1n) is 5.07. The van der Waals surface area contributed by atoms with E-state index in [2.05, 4.69) is 0 Å². The van der Waals surface area contributed by atoms with Crippen LogP contribution >= 0.6 is 0 Å². The van der Waals surface area contributed by atoms with Crippen molar-refractivity contribution >= 4 is 16.0 Å². The molecule has 0 N–H and O–H groups in total. The molecule has 0 aliphatic carbocycles. The molecule has 0 aromatic heterocycles. The highest BCUT2D eigenvalue weighted by atomic mass is 32.2. The molecule has 1 atom stereocenters. The number of hydrogen-bond donors (Lipinski definition) is 0. The summed E-state index contributed by atoms with van der Waals surface area (Å²) in [7, 11) is -3.00. The summed E-state index contributed by atoms with van der Waals surface area (Å²) in [6.07, 6.45) is 0.823. The summed E-state index contributed by atoms with van der Waals surface area (Å²) in [6.45, 7) is 2.31. The lowest BCUT2D eigenvalue weighted by Gasteiger charge is -2.09. The first-order chi connectivity index (χ1) is 7.03. The topological polar surface area (TPSA) is 69.7 Å². The summed E-state index contributed by atoms with van der Waals surface area (Å²) < 4.78 is 31.7. The van der Waals surface area contributed by atoms with Gasteiger partial charge >= 0.3 is 6.16 Å². The minimum absolute atomic E-state index is 0.0735. The Balaban J connectivity index is 2.22. The minimum Gasteiger partial charge on any atom is -0.434 e. The number of rotatable bonds is 4. The molecule has 0 bridgehead atoms. The van der Waals surface area contributed by atoms with Gasteiger partial charge in [0.15, 0.2) is 9.84 Å². The highest BCUT2D eigenvalue weighted by Crippen LogP contribution is 2.15. The maximum Gasteiger partial charge on any atom is 0.508 e. The predicted molar refractivity (Wildman–Crippen MR) is 54.4 cm³/mol. The van der Waals surface area contributed by atoms with E-state index < -0.39 is 22.1 Å². The Hall–Kier alpha value is -0.780. The van der Waals surface area contributed by atoms with Crippen LogP contribution in [0.15, 0.2) is 0 Å². The largest absolute Gasteiger partial charge is 0.508 e. The molecule has 88 valence electrons. The van der Waals surface area contributed by atoms with Crippen molar-refractivity contribution in [3.63, 3.8) is 0 Å². The standard InChI is InChI=1S/C9H16O5S/c1-2-3-5-13-9(10)14-8-4-6-15(11,12)7-8/h8H,2-7H2,1H3/t8-/m1/s1. The first kappa shape index (κ1) is 12.3. The highest BCUT2D eigenvalue weighted by molar-refractivity contribution is 7.91. The molecule has 1 aliphatic heterocycles. The molecule has 6 heteroatoms. The average Bonchev–Trinajstić information content (AvgIpc) is 2.46. The normalized spacial score (nSPS) is 23.7. The van der Waals surface area contributed by atoms with Crippen LogP contribution in [0.25, 0.3) is 0 Å². The molecule has 1 heterocycles. The number of hydrogen-bond acceptors (Lipinski definition) is 5. The fourth-order valence-corrected chi connectivity index (χ4v) is 2.91. The van der Waals surface area contributed by atoms with Gasteiger partial charge in [-0.3, -0.25) is 0 Å². The smallest absolute Gasteiger partial charge is 0.434 e. The number of carbonyl (C=O) groups is 1. The molecule has 5 nitrogen and oxygen atoms in total. The van der Waals surface area contributed by atoms with E-state index >= 15 is 0 Å². The van der Waals surface area contributed by atoms with Crippen LogP contribution in [0.5, 0.6) is 0 Å². The Morgan fingerprint density at radius 1 is 1.47 bits per heavy atom. The molecule has 0 unspecified atom stereocenters. The Bertz CT molecular complexity index is 308. The minimum atomic E-state index is -3.00. The third kappa shape index (κ3) is 4.51. The Labute approximate surface area is 89.7 Å². The third-order valence-corrected chi connectivity index (χ3v) is 3.91. The molecule has 15 heavy (non-hydrogen) atoms. The van der Waals surface area contributed by atoms with Crippen LogP contribution < -0.4 is 0 Å². The van der Waals surface area contributed by atoms with E-state index in [0.29, 0.717) is 13.0 Å². The summed E-state index contributed by atoms with van der Waals surface area (Å²) in [6, 6.07) is 0. The Kier molecular flexibility index (Phi) is 4.38. The summed E-state index contributed by atoms with van der Waals surface area (Å²) >= 11 is 0. The van der Waals surface area contributed by atoms with Gasteiger partial charge in [0, 0.05) is 0 Å². The Morgan fingerprint density at radius 2 is 2.20 bits per heavy atom. The van der Waals surface area contributed by atoms with Crippen LogP contribution in [0.2, 0.25) is 0 Å². The van der Waals surface area contributed by atoms with Crippen LogP contribution in [0, 0.1) is 0 Å². The summed E-state index contributed by atoms with van der Waals surface area (Å²) in [5.41, 5.74) is 0. The lowest BCUT2D eigenvalue weighted by atomic mass is 10.3. The van der Waals surface area contributed by atoms with Crippen molar-refractivity contribution in [1.29, 1.82) is 0 Å². The van der Waals surface area contributed by atoms with E-state index in [4.69, 9.17) is 9.47 Å². The first-order valence-corrected chi connectivity index (χ1v) is 6.89. The van der Waals surface area contributed by atoms with Gasteiger partial charge in [-0.05, 0) is 12.8 Å². The fourth-order valence-electron chi connectivity index (χ4n) is 1.32. The number of carbonyl (C=O) groups excluding carboxylic acids is 1. The van der Waals surface area contributed by atoms with Gasteiger partial charge < -0.3 is 9.47 Å². The van der Waals surface area contributed by atoms with E-state index in [0.717, 1.165) is 12.8 Å². The zero-order valence-electron chi connectivity index (χ0n) is 8.77. The van der Waals surface area contributed by atoms with E-state index in [9.17, 15) is 13.2 Å². The summed E-state index contributed by atoms with van der Waals surface area (Å²) in [4.78, 5) is 11.0. The van der Waals surface area contributed by atoms with Crippen molar-refractivity contribution in [2.75, 3.05) is 18.1 Å². The molecule has 1 rings (SSSR count). The summed E-state index contributed by atoms with van der Waals surface area (Å²) in [5.74, 6) is 0.0236. The van der Waals surface area contributed by atoms with Gasteiger partial charge in [-0.15, -0.1) is 0 Å². The van der Waals surface area contributed by atoms with Crippen molar-refractivity contribution in [1.82, 2.24) is 0 Å². The lowest BCUT2D eigenvalue weighted by molar-refractivity contribution is 0.0307. The SMILES string of the molecule is CCCCOC(=O)O[C@@H]1CCS(=O)(=O)C1. The highest BCUT2D eigenvalue weighted by Gasteiger charge is 2.31. The summed E-state index contributed by atoms with van der Waals surface area (Å²) in [5, 5.41) is 0. The van der Waals surface area contributed by atoms with Crippen LogP contribution in [-0.4, -0.2) is 38.8 Å². The maximum absolute atomic E-state index is 11.1. The molecule has 0 aromatic rings. The molecular formula is C9H16O5S. The molecule has 0 aromatic carbocycles. The monoisotopic (exact) mass is 236 g/mol. The van der Waals surface area contributed by atoms with Gasteiger partial charge in [-0.1, -0.05) is 13.3 Å². The fraction of sp³-hybridized carbons (Fsp3) is 0.889. The zero-order chi connectivity index (χ0) is 11.3. The second-order valence-electron chi connectivity index (χ2n) is 3.59. The van der Waals surface area contributed by atoms with Crippen LogP contribution in [-0.2, 0) is 19.3 Å². The molecule has 0 radical (unpaired) electrons. The lowest BCUT2D eigenvalue weighted by Crippen LogP contribution is -2.20. The van der Waals surface area contributed by atoms with Crippen molar-refractivity contribution in [3.8, 4) is 0 Å². The zero-order valence-corrected chi connectivity index (χ0v) is 9.59. The molecule has 0 amide bonds. The van der Waals surface area contributed by atoms with Crippen molar-refractivity contribution < 1.29 is 22.7 Å². The van der Waals surface area contributed by atoms with E-state index in [1.165, 1.54) is 0 Å². The van der Waals surface area contributed by atoms with Crippen molar-refractivity contribution in [2.24, 2.45) is 0 Å². The van der Waals surface area contributed by atoms with Crippen molar-refractivity contribution in [3.05, 3.63) is 0 Å². The third-order valence-electron chi connectivity index (χ3n) is 2.17. The second kappa shape index (κ2) is 5.34. The van der Waals surface area contributed by atoms with Gasteiger partial charge in [-0.25, -0.2) is 13.2 Å². The quantitative estimate of drug-likeness (QED) is 0.540. The molecule has 0 saturated carbocycles. The predicted octanol–water partition coefficient (Wildman–Crippen LogP) is 1.13. The van der Waals surface area contributed by atoms with Gasteiger partial charge in [0.1, 0.15) is 6.10 Å². The van der Waals surface area contributed by atoms with Crippen LogP contribution in [0.1, 0.15) is 26.2 Å². The van der Waals surface area contributed by atoms with Gasteiger partial charge in [0.25, 0.3) is 0 Å². The van der Waals surface area contributed by atoms with Gasteiger partial charge in [-0.2, -0.15) is 0 Å². The van der Waals surface area contributed by atoms with Gasteiger partial charge in [0.05, 0.1) is 18.1 Å². The number of unbranched alkanes of at least 4 members (excludes halogenated alkanes) is 1. The van der Waals surface area contributed by atoms with E-state index in [1.807, 2.05) is 6.92 Å². The second-order valence-corrected chi connectivity index (χ2v) is 5.82. The average molecular weight is 236 g/mol. The molecule has 1 aliphatic rings. The maximum atomic E-state index is 11.1. The van der Waals surface area contributed by atoms with Crippen LogP contribution in [0.3, 0.4) is 0 Å². The van der Waals surface area contributed by atoms with E-state index in [-0.39, 0.29) is 11.5 Å². The van der Waals surface area contributed by atoms with E-state index in [1.54, 1.807) is 0 Å². The van der Waals surface area contributed by atoms with Gasteiger partial charge in [0.2, 0.25) is 0 Å². The van der Waals surface area contributed by atoms with Crippen LogP contribution in [0.4, 0.5) is 4.79 Å². The van der Waals surface area contributed by atoms with Crippen molar-refractivity contribution in [2.45, 2.75) is 32.3 Å².